The van der Waals surface area contributed by atoms with Crippen molar-refractivity contribution in [2.24, 2.45) is 0 Å². The first kappa shape index (κ1) is 28.6. The fraction of sp³-hybridized carbons (Fsp3) is 0.0667. The molecule has 6 nitrogen and oxygen atoms in total. The fourth-order valence-corrected chi connectivity index (χ4v) is 7.91. The van der Waals surface area contributed by atoms with Gasteiger partial charge in [-0.3, -0.25) is 16.0 Å². The van der Waals surface area contributed by atoms with E-state index >= 15 is 0 Å². The number of fused-ring (bicyclic) bond motifs is 9. The largest absolute Gasteiger partial charge is 0.456 e. The van der Waals surface area contributed by atoms with Crippen LogP contribution in [0.1, 0.15) is 35.2 Å². The van der Waals surface area contributed by atoms with E-state index in [9.17, 15) is 0 Å². The molecule has 6 heteroatoms. The maximum absolute atomic E-state index is 6.40. The van der Waals surface area contributed by atoms with E-state index in [-0.39, 0.29) is 18.5 Å². The van der Waals surface area contributed by atoms with Crippen molar-refractivity contribution in [1.82, 2.24) is 16.0 Å². The van der Waals surface area contributed by atoms with E-state index in [1.807, 2.05) is 24.3 Å². The van der Waals surface area contributed by atoms with Crippen molar-refractivity contribution >= 4 is 65.8 Å². The molecule has 51 heavy (non-hydrogen) atoms. The Morgan fingerprint density at radius 2 is 0.824 bits per heavy atom. The van der Waals surface area contributed by atoms with E-state index in [1.165, 1.54) is 5.56 Å². The van der Waals surface area contributed by atoms with Gasteiger partial charge in [-0.25, -0.2) is 0 Å². The second-order valence-electron chi connectivity index (χ2n) is 13.4. The molecule has 1 aliphatic heterocycles. The van der Waals surface area contributed by atoms with Crippen LogP contribution in [0.3, 0.4) is 0 Å². The lowest BCUT2D eigenvalue weighted by molar-refractivity contribution is 0.203. The summed E-state index contributed by atoms with van der Waals surface area (Å²) in [7, 11) is 0. The first-order valence-electron chi connectivity index (χ1n) is 17.3. The Morgan fingerprint density at radius 1 is 0.333 bits per heavy atom. The third-order valence-corrected chi connectivity index (χ3v) is 10.4. The summed E-state index contributed by atoms with van der Waals surface area (Å²) >= 11 is 0. The third-order valence-electron chi connectivity index (χ3n) is 10.4. The summed E-state index contributed by atoms with van der Waals surface area (Å²) < 4.78 is 18.9. The van der Waals surface area contributed by atoms with E-state index in [4.69, 9.17) is 13.3 Å². The standard InChI is InChI=1S/C45H31N3O3/c1-2-9-26(10-3-1)43-46-44(28-18-21-39-34(24-28)32-12-5-6-15-37(32)49-39)48-45(47-43)29-19-22-41-36(25-29)35-23-27(17-20-40(35)50-41)30-13-8-14-33-31-11-4-7-16-38(31)51-42(30)33/h1-25,43-48H. The minimum atomic E-state index is -0.153. The number of nitrogens with one attached hydrogen (secondary N) is 3. The van der Waals surface area contributed by atoms with E-state index < -0.39 is 0 Å². The Balaban J connectivity index is 1.01. The van der Waals surface area contributed by atoms with Gasteiger partial charge in [0.25, 0.3) is 0 Å². The van der Waals surface area contributed by atoms with E-state index in [0.717, 1.165) is 88.1 Å². The second-order valence-corrected chi connectivity index (χ2v) is 13.4. The molecule has 3 atom stereocenters. The molecule has 0 aliphatic carbocycles. The van der Waals surface area contributed by atoms with Gasteiger partial charge in [0.1, 0.15) is 33.5 Å². The zero-order valence-corrected chi connectivity index (χ0v) is 27.4. The number of benzene rings is 7. The summed E-state index contributed by atoms with van der Waals surface area (Å²) in [6.07, 6.45) is -0.376. The molecule has 244 valence electrons. The lowest BCUT2D eigenvalue weighted by atomic mass is 9.99. The number of hydrogen-bond acceptors (Lipinski definition) is 6. The molecule has 3 aromatic heterocycles. The summed E-state index contributed by atoms with van der Waals surface area (Å²) in [4.78, 5) is 0. The lowest BCUT2D eigenvalue weighted by Crippen LogP contribution is -2.54. The van der Waals surface area contributed by atoms with Crippen LogP contribution in [0, 0.1) is 0 Å². The Bertz CT molecular complexity index is 2940. The van der Waals surface area contributed by atoms with Crippen LogP contribution in [0.2, 0.25) is 0 Å². The van der Waals surface area contributed by atoms with Gasteiger partial charge in [-0.05, 0) is 70.8 Å². The monoisotopic (exact) mass is 661 g/mol. The minimum absolute atomic E-state index is 0.0908. The number of furan rings is 3. The molecule has 10 aromatic rings. The van der Waals surface area contributed by atoms with Crippen LogP contribution in [0.5, 0.6) is 0 Å². The maximum Gasteiger partial charge on any atom is 0.143 e. The van der Waals surface area contributed by atoms with E-state index in [2.05, 4.69) is 143 Å². The lowest BCUT2D eigenvalue weighted by Gasteiger charge is -2.39. The molecule has 3 unspecified atom stereocenters. The van der Waals surface area contributed by atoms with Crippen molar-refractivity contribution in [1.29, 1.82) is 0 Å². The predicted octanol–water partition coefficient (Wildman–Crippen LogP) is 11.2. The molecule has 0 saturated carbocycles. The van der Waals surface area contributed by atoms with Crippen molar-refractivity contribution in [2.45, 2.75) is 18.5 Å². The van der Waals surface area contributed by atoms with Crippen molar-refractivity contribution in [3.05, 3.63) is 168 Å². The normalized spacial score (nSPS) is 18.2. The molecule has 3 N–H and O–H groups in total. The average Bonchev–Trinajstić information content (AvgIpc) is 3.88. The summed E-state index contributed by atoms with van der Waals surface area (Å²) in [5, 5.41) is 18.1. The van der Waals surface area contributed by atoms with E-state index in [1.54, 1.807) is 0 Å². The summed E-state index contributed by atoms with van der Waals surface area (Å²) in [5.74, 6) is 0. The number of para-hydroxylation sites is 3. The molecule has 0 amide bonds. The molecule has 1 aliphatic rings. The van der Waals surface area contributed by atoms with Gasteiger partial charge in [0.2, 0.25) is 0 Å². The fourth-order valence-electron chi connectivity index (χ4n) is 7.91. The van der Waals surface area contributed by atoms with Crippen LogP contribution >= 0.6 is 0 Å². The second kappa shape index (κ2) is 11.2. The van der Waals surface area contributed by atoms with Crippen LogP contribution in [-0.2, 0) is 0 Å². The van der Waals surface area contributed by atoms with Crippen LogP contribution in [0.4, 0.5) is 0 Å². The van der Waals surface area contributed by atoms with Gasteiger partial charge >= 0.3 is 0 Å². The van der Waals surface area contributed by atoms with Crippen LogP contribution in [0.25, 0.3) is 76.9 Å². The van der Waals surface area contributed by atoms with Crippen LogP contribution < -0.4 is 16.0 Å². The highest BCUT2D eigenvalue weighted by molar-refractivity contribution is 6.11. The highest BCUT2D eigenvalue weighted by Gasteiger charge is 2.30. The Morgan fingerprint density at radius 3 is 1.51 bits per heavy atom. The molecule has 4 heterocycles. The Labute approximate surface area is 292 Å². The molecule has 7 aromatic carbocycles. The van der Waals surface area contributed by atoms with Gasteiger partial charge in [0, 0.05) is 37.9 Å². The van der Waals surface area contributed by atoms with Gasteiger partial charge < -0.3 is 13.3 Å². The van der Waals surface area contributed by atoms with Gasteiger partial charge in [-0.15, -0.1) is 0 Å². The molecule has 11 rings (SSSR count). The Hall–Kier alpha value is -6.18. The summed E-state index contributed by atoms with van der Waals surface area (Å²) in [6, 6.07) is 52.8. The van der Waals surface area contributed by atoms with Crippen molar-refractivity contribution < 1.29 is 13.3 Å². The molecular formula is C45H31N3O3. The first-order valence-corrected chi connectivity index (χ1v) is 17.3. The highest BCUT2D eigenvalue weighted by Crippen LogP contribution is 2.40. The summed E-state index contributed by atoms with van der Waals surface area (Å²) in [6.45, 7) is 0. The van der Waals surface area contributed by atoms with Gasteiger partial charge in [0.05, 0.1) is 18.5 Å². The molecule has 0 spiro atoms. The maximum atomic E-state index is 6.40. The number of hydrogen-bond donors (Lipinski definition) is 3. The van der Waals surface area contributed by atoms with Gasteiger partial charge in [-0.2, -0.15) is 0 Å². The van der Waals surface area contributed by atoms with Crippen molar-refractivity contribution in [3.63, 3.8) is 0 Å². The molecule has 0 radical (unpaired) electrons. The van der Waals surface area contributed by atoms with E-state index in [0.29, 0.717) is 0 Å². The van der Waals surface area contributed by atoms with Crippen LogP contribution in [-0.4, -0.2) is 0 Å². The highest BCUT2D eigenvalue weighted by atomic mass is 16.3. The minimum Gasteiger partial charge on any atom is -0.456 e. The van der Waals surface area contributed by atoms with Crippen LogP contribution in [0.15, 0.2) is 165 Å². The van der Waals surface area contributed by atoms with Gasteiger partial charge in [0.15, 0.2) is 0 Å². The average molecular weight is 662 g/mol. The zero-order chi connectivity index (χ0) is 33.5. The topological polar surface area (TPSA) is 75.5 Å². The SMILES string of the molecule is c1ccc(C2NC(c3ccc4oc5ccccc5c4c3)NC(c3ccc4oc5ccc(-c6cccc7c6oc6ccccc67)cc5c4c3)N2)cc1. The smallest absolute Gasteiger partial charge is 0.143 e. The van der Waals surface area contributed by atoms with Gasteiger partial charge in [-0.1, -0.05) is 103 Å². The molecule has 0 bridgehead atoms. The zero-order valence-electron chi connectivity index (χ0n) is 27.4. The molecule has 1 saturated heterocycles. The molecular weight excluding hydrogens is 631 g/mol. The summed E-state index contributed by atoms with van der Waals surface area (Å²) in [5.41, 5.74) is 10.9. The molecule has 1 fully saturated rings. The van der Waals surface area contributed by atoms with Crippen molar-refractivity contribution in [3.8, 4) is 11.1 Å². The number of rotatable bonds is 4. The van der Waals surface area contributed by atoms with Crippen molar-refractivity contribution in [2.75, 3.05) is 0 Å². The first-order chi connectivity index (χ1) is 25.2. The third kappa shape index (κ3) is 4.62. The predicted molar refractivity (Wildman–Crippen MR) is 204 cm³/mol. The Kier molecular flexibility index (Phi) is 6.27. The quantitative estimate of drug-likeness (QED) is 0.174.